The van der Waals surface area contributed by atoms with Crippen LogP contribution in [0.15, 0.2) is 42.2 Å². The lowest BCUT2D eigenvalue weighted by atomic mass is 9.91. The number of nitrogens with one attached hydrogen (secondary N) is 1. The van der Waals surface area contributed by atoms with Crippen LogP contribution in [-0.2, 0) is 25.7 Å². The van der Waals surface area contributed by atoms with Crippen molar-refractivity contribution in [3.8, 4) is 0 Å². The van der Waals surface area contributed by atoms with Gasteiger partial charge in [0.05, 0.1) is 12.9 Å². The van der Waals surface area contributed by atoms with Gasteiger partial charge in [0.2, 0.25) is 6.41 Å². The second kappa shape index (κ2) is 8.87. The van der Waals surface area contributed by atoms with Gasteiger partial charge in [0.15, 0.2) is 5.54 Å². The third-order valence-electron chi connectivity index (χ3n) is 3.37. The second-order valence-corrected chi connectivity index (χ2v) is 4.90. The van der Waals surface area contributed by atoms with Crippen molar-refractivity contribution in [2.45, 2.75) is 39.3 Å². The van der Waals surface area contributed by atoms with E-state index in [1.54, 1.807) is 13.8 Å². The van der Waals surface area contributed by atoms with Gasteiger partial charge in [-0.15, -0.1) is 0 Å². The van der Waals surface area contributed by atoms with Crippen molar-refractivity contribution in [3.05, 3.63) is 47.7 Å². The zero-order valence-corrected chi connectivity index (χ0v) is 13.3. The van der Waals surface area contributed by atoms with Crippen LogP contribution >= 0.6 is 0 Å². The van der Waals surface area contributed by atoms with Gasteiger partial charge in [0.1, 0.15) is 6.61 Å². The minimum Gasteiger partial charge on any atom is -0.496 e. The van der Waals surface area contributed by atoms with E-state index < -0.39 is 11.5 Å². The third-order valence-corrected chi connectivity index (χ3v) is 3.37. The highest BCUT2D eigenvalue weighted by Crippen LogP contribution is 2.22. The molecule has 120 valence electrons. The van der Waals surface area contributed by atoms with E-state index in [0.29, 0.717) is 25.0 Å². The van der Waals surface area contributed by atoms with Gasteiger partial charge in [-0.1, -0.05) is 37.3 Å². The van der Waals surface area contributed by atoms with Gasteiger partial charge in [-0.25, -0.2) is 4.79 Å². The van der Waals surface area contributed by atoms with E-state index in [2.05, 4.69) is 5.32 Å². The van der Waals surface area contributed by atoms with E-state index in [0.717, 1.165) is 5.56 Å². The Hall–Kier alpha value is -2.30. The molecule has 1 unspecified atom stereocenters. The van der Waals surface area contributed by atoms with Crippen LogP contribution in [0.1, 0.15) is 32.8 Å². The van der Waals surface area contributed by atoms with Crippen LogP contribution in [0.4, 0.5) is 0 Å². The molecule has 1 amide bonds. The smallest absolute Gasteiger partial charge is 0.336 e. The molecule has 0 saturated heterocycles. The molecule has 5 nitrogen and oxygen atoms in total. The van der Waals surface area contributed by atoms with Crippen LogP contribution in [0.3, 0.4) is 0 Å². The van der Waals surface area contributed by atoms with Crippen LogP contribution in [-0.4, -0.2) is 24.5 Å². The van der Waals surface area contributed by atoms with E-state index >= 15 is 0 Å². The number of rotatable bonds is 9. The molecule has 0 fully saturated rings. The first-order chi connectivity index (χ1) is 10.6. The highest BCUT2D eigenvalue weighted by molar-refractivity contribution is 5.86. The molecule has 1 aromatic rings. The summed E-state index contributed by atoms with van der Waals surface area (Å²) in [5, 5.41) is 2.54. The summed E-state index contributed by atoms with van der Waals surface area (Å²) in [7, 11) is 0. The molecule has 0 saturated carbocycles. The summed E-state index contributed by atoms with van der Waals surface area (Å²) in [6.07, 6.45) is 2.57. The first-order valence-corrected chi connectivity index (χ1v) is 7.32. The lowest BCUT2D eigenvalue weighted by molar-refractivity contribution is -0.149. The Morgan fingerprint density at radius 1 is 1.27 bits per heavy atom. The van der Waals surface area contributed by atoms with Crippen LogP contribution in [0.2, 0.25) is 0 Å². The number of hydrogen-bond acceptors (Lipinski definition) is 4. The molecule has 0 aromatic heterocycles. The third kappa shape index (κ3) is 4.62. The van der Waals surface area contributed by atoms with Crippen molar-refractivity contribution >= 4 is 12.4 Å². The fraction of sp³-hybridized carbons (Fsp3) is 0.412. The minimum atomic E-state index is -1.22. The Morgan fingerprint density at radius 3 is 2.50 bits per heavy atom. The van der Waals surface area contributed by atoms with Crippen LogP contribution < -0.4 is 5.32 Å². The molecule has 0 spiro atoms. The molecule has 22 heavy (non-hydrogen) atoms. The molecule has 0 aliphatic carbocycles. The Bertz CT molecular complexity index is 513. The monoisotopic (exact) mass is 305 g/mol. The molecule has 1 atom stereocenters. The van der Waals surface area contributed by atoms with Gasteiger partial charge in [0.25, 0.3) is 0 Å². The van der Waals surface area contributed by atoms with Crippen LogP contribution in [0.5, 0.6) is 0 Å². The predicted octanol–water partition coefficient (Wildman–Crippen LogP) is 2.56. The SMILES string of the molecule is CCOC(=O)C(C)(NC=O)/C(=C/OCc1ccccc1)CC. The number of carbonyl (C=O) groups is 2. The van der Waals surface area contributed by atoms with Crippen molar-refractivity contribution < 1.29 is 19.1 Å². The Labute approximate surface area is 131 Å². The zero-order valence-electron chi connectivity index (χ0n) is 13.3. The number of benzene rings is 1. The molecule has 0 bridgehead atoms. The average molecular weight is 305 g/mol. The average Bonchev–Trinajstić information content (AvgIpc) is 2.53. The van der Waals surface area contributed by atoms with Gasteiger partial charge in [-0.3, -0.25) is 4.79 Å². The maximum atomic E-state index is 12.1. The number of esters is 1. The van der Waals surface area contributed by atoms with Gasteiger partial charge in [-0.2, -0.15) is 0 Å². The van der Waals surface area contributed by atoms with Crippen molar-refractivity contribution in [1.82, 2.24) is 5.32 Å². The molecular formula is C17H23NO4. The van der Waals surface area contributed by atoms with Crippen LogP contribution in [0.25, 0.3) is 0 Å². The van der Waals surface area contributed by atoms with Gasteiger partial charge in [0, 0.05) is 5.57 Å². The van der Waals surface area contributed by atoms with E-state index in [-0.39, 0.29) is 6.61 Å². The van der Waals surface area contributed by atoms with E-state index in [1.165, 1.54) is 6.26 Å². The molecule has 0 heterocycles. The second-order valence-electron chi connectivity index (χ2n) is 4.90. The standard InChI is InChI=1S/C17H23NO4/c1-4-15(12-21-11-14-9-7-6-8-10-14)17(3,18-13-19)16(20)22-5-2/h6-10,12-13H,4-5,11H2,1-3H3,(H,18,19)/b15-12+. The van der Waals surface area contributed by atoms with E-state index in [9.17, 15) is 9.59 Å². The molecular weight excluding hydrogens is 282 g/mol. The highest BCUT2D eigenvalue weighted by Gasteiger charge is 2.38. The summed E-state index contributed by atoms with van der Waals surface area (Å²) in [6, 6.07) is 9.70. The number of ether oxygens (including phenoxy) is 2. The quantitative estimate of drug-likeness (QED) is 0.432. The summed E-state index contributed by atoms with van der Waals surface area (Å²) >= 11 is 0. The van der Waals surface area contributed by atoms with Crippen molar-refractivity contribution in [3.63, 3.8) is 0 Å². The van der Waals surface area contributed by atoms with Crippen LogP contribution in [0, 0.1) is 0 Å². The van der Waals surface area contributed by atoms with Crippen molar-refractivity contribution in [2.75, 3.05) is 6.61 Å². The number of amides is 1. The number of carbonyl (C=O) groups excluding carboxylic acids is 2. The Balaban J connectivity index is 2.86. The summed E-state index contributed by atoms with van der Waals surface area (Å²) < 4.78 is 10.6. The summed E-state index contributed by atoms with van der Waals surface area (Å²) in [5.74, 6) is -0.501. The van der Waals surface area contributed by atoms with E-state index in [1.807, 2.05) is 37.3 Å². The Kier molecular flexibility index (Phi) is 7.16. The fourth-order valence-corrected chi connectivity index (χ4v) is 2.04. The first kappa shape index (κ1) is 17.8. The normalized spacial score (nSPS) is 13.9. The van der Waals surface area contributed by atoms with Gasteiger partial charge >= 0.3 is 5.97 Å². The maximum Gasteiger partial charge on any atom is 0.336 e. The van der Waals surface area contributed by atoms with E-state index in [4.69, 9.17) is 9.47 Å². The predicted molar refractivity (Wildman–Crippen MR) is 83.8 cm³/mol. The molecule has 5 heteroatoms. The zero-order chi connectivity index (χ0) is 16.4. The summed E-state index contributed by atoms with van der Waals surface area (Å²) in [5.41, 5.74) is 0.452. The molecule has 1 aromatic carbocycles. The van der Waals surface area contributed by atoms with Crippen molar-refractivity contribution in [2.24, 2.45) is 0 Å². The molecule has 1 N–H and O–H groups in total. The summed E-state index contributed by atoms with van der Waals surface area (Å²) in [6.45, 7) is 5.86. The summed E-state index contributed by atoms with van der Waals surface area (Å²) in [4.78, 5) is 23.0. The Morgan fingerprint density at radius 2 is 1.95 bits per heavy atom. The molecule has 0 aliphatic heterocycles. The fourth-order valence-electron chi connectivity index (χ4n) is 2.04. The molecule has 0 radical (unpaired) electrons. The molecule has 1 rings (SSSR count). The van der Waals surface area contributed by atoms with Gasteiger partial charge < -0.3 is 14.8 Å². The highest BCUT2D eigenvalue weighted by atomic mass is 16.5. The minimum absolute atomic E-state index is 0.247. The first-order valence-electron chi connectivity index (χ1n) is 7.32. The van der Waals surface area contributed by atoms with Gasteiger partial charge in [-0.05, 0) is 25.8 Å². The number of hydrogen-bond donors (Lipinski definition) is 1. The maximum absolute atomic E-state index is 12.1. The largest absolute Gasteiger partial charge is 0.496 e. The lowest BCUT2D eigenvalue weighted by Gasteiger charge is -2.28. The molecule has 0 aliphatic rings. The lowest BCUT2D eigenvalue weighted by Crippen LogP contribution is -2.51. The van der Waals surface area contributed by atoms with Crippen molar-refractivity contribution in [1.29, 1.82) is 0 Å². The topological polar surface area (TPSA) is 64.6 Å².